The van der Waals surface area contributed by atoms with Gasteiger partial charge in [-0.15, -0.1) is 0 Å². The fraction of sp³-hybridized carbons (Fsp3) is 0.529. The number of hydrogen-bond donors (Lipinski definition) is 0. The van der Waals surface area contributed by atoms with E-state index in [1.54, 1.807) is 0 Å². The highest BCUT2D eigenvalue weighted by Crippen LogP contribution is 2.37. The SMILES string of the molecule is CC(C)C(C#N)c1ccc2nc(C3CCC3)n(C)c2c1. The highest BCUT2D eigenvalue weighted by atomic mass is 15.1. The largest absolute Gasteiger partial charge is 0.331 e. The Balaban J connectivity index is 2.06. The van der Waals surface area contributed by atoms with Crippen molar-refractivity contribution in [2.45, 2.75) is 44.9 Å². The maximum absolute atomic E-state index is 9.36. The van der Waals surface area contributed by atoms with E-state index in [4.69, 9.17) is 4.98 Å². The lowest BCUT2D eigenvalue weighted by Gasteiger charge is -2.24. The van der Waals surface area contributed by atoms with Crippen LogP contribution in [0.1, 0.15) is 56.3 Å². The van der Waals surface area contributed by atoms with Crippen LogP contribution in [0.15, 0.2) is 18.2 Å². The van der Waals surface area contributed by atoms with Crippen molar-refractivity contribution in [2.24, 2.45) is 13.0 Å². The normalized spacial score (nSPS) is 17.1. The lowest BCUT2D eigenvalue weighted by atomic mass is 9.85. The molecule has 0 N–H and O–H groups in total. The zero-order valence-electron chi connectivity index (χ0n) is 12.4. The molecule has 0 saturated heterocycles. The third kappa shape index (κ3) is 2.00. The van der Waals surface area contributed by atoms with Gasteiger partial charge in [0, 0.05) is 13.0 Å². The minimum absolute atomic E-state index is 0.0403. The molecule has 1 aliphatic rings. The van der Waals surface area contributed by atoms with E-state index < -0.39 is 0 Å². The number of benzene rings is 1. The number of nitriles is 1. The number of nitrogens with zero attached hydrogens (tertiary/aromatic N) is 3. The van der Waals surface area contributed by atoms with E-state index in [1.165, 1.54) is 25.1 Å². The standard InChI is InChI=1S/C17H21N3/c1-11(2)14(10-18)13-7-8-15-16(9-13)20(3)17(19-15)12-5-4-6-12/h7-9,11-12,14H,4-6H2,1-3H3. The first-order chi connectivity index (χ1) is 9.61. The Kier molecular flexibility index (Phi) is 3.25. The molecule has 1 saturated carbocycles. The van der Waals surface area contributed by atoms with E-state index in [-0.39, 0.29) is 5.92 Å². The third-order valence-corrected chi connectivity index (χ3v) is 4.57. The van der Waals surface area contributed by atoms with Crippen molar-refractivity contribution in [3.05, 3.63) is 29.6 Å². The minimum Gasteiger partial charge on any atom is -0.331 e. The van der Waals surface area contributed by atoms with E-state index in [0.29, 0.717) is 11.8 Å². The second kappa shape index (κ2) is 4.94. The number of aryl methyl sites for hydroxylation is 1. The molecule has 1 fully saturated rings. The Morgan fingerprint density at radius 1 is 1.35 bits per heavy atom. The Bertz CT molecular complexity index is 671. The van der Waals surface area contributed by atoms with Crippen molar-refractivity contribution in [3.63, 3.8) is 0 Å². The van der Waals surface area contributed by atoms with Crippen molar-refractivity contribution >= 4 is 11.0 Å². The second-order valence-electron chi connectivity index (χ2n) is 6.26. The van der Waals surface area contributed by atoms with E-state index >= 15 is 0 Å². The van der Waals surface area contributed by atoms with Gasteiger partial charge < -0.3 is 4.57 Å². The van der Waals surface area contributed by atoms with Gasteiger partial charge in [-0.1, -0.05) is 26.3 Å². The van der Waals surface area contributed by atoms with Gasteiger partial charge in [-0.05, 0) is 36.5 Å². The van der Waals surface area contributed by atoms with Gasteiger partial charge >= 0.3 is 0 Å². The fourth-order valence-corrected chi connectivity index (χ4v) is 3.06. The highest BCUT2D eigenvalue weighted by molar-refractivity contribution is 5.77. The summed E-state index contributed by atoms with van der Waals surface area (Å²) < 4.78 is 2.22. The summed E-state index contributed by atoms with van der Waals surface area (Å²) >= 11 is 0. The fourth-order valence-electron chi connectivity index (χ4n) is 3.06. The van der Waals surface area contributed by atoms with Gasteiger partial charge in [-0.3, -0.25) is 0 Å². The molecule has 1 aliphatic carbocycles. The molecule has 1 heterocycles. The predicted molar refractivity (Wildman–Crippen MR) is 80.5 cm³/mol. The van der Waals surface area contributed by atoms with E-state index in [2.05, 4.69) is 49.7 Å². The highest BCUT2D eigenvalue weighted by Gasteiger charge is 2.25. The lowest BCUT2D eigenvalue weighted by Crippen LogP contribution is -2.13. The molecule has 0 amide bonds. The smallest absolute Gasteiger partial charge is 0.112 e. The molecule has 0 radical (unpaired) electrons. The molecule has 104 valence electrons. The number of hydrogen-bond acceptors (Lipinski definition) is 2. The first kappa shape index (κ1) is 13.2. The molecular formula is C17H21N3. The topological polar surface area (TPSA) is 41.6 Å². The van der Waals surface area contributed by atoms with Crippen LogP contribution >= 0.6 is 0 Å². The molecule has 3 nitrogen and oxygen atoms in total. The zero-order chi connectivity index (χ0) is 14.3. The van der Waals surface area contributed by atoms with Gasteiger partial charge in [-0.2, -0.15) is 5.26 Å². The van der Waals surface area contributed by atoms with Gasteiger partial charge in [0.2, 0.25) is 0 Å². The molecule has 3 heteroatoms. The van der Waals surface area contributed by atoms with Crippen molar-refractivity contribution in [1.29, 1.82) is 5.26 Å². The van der Waals surface area contributed by atoms with Gasteiger partial charge in [0.25, 0.3) is 0 Å². The van der Waals surface area contributed by atoms with Crippen molar-refractivity contribution in [1.82, 2.24) is 9.55 Å². The molecule has 1 aromatic heterocycles. The number of rotatable bonds is 3. The molecule has 0 bridgehead atoms. The summed E-state index contributed by atoms with van der Waals surface area (Å²) in [5.74, 6) is 2.13. The molecule has 1 unspecified atom stereocenters. The Hall–Kier alpha value is -1.82. The van der Waals surface area contributed by atoms with E-state index in [1.807, 2.05) is 0 Å². The molecule has 2 aromatic rings. The summed E-state index contributed by atoms with van der Waals surface area (Å²) in [5, 5.41) is 9.36. The van der Waals surface area contributed by atoms with Crippen LogP contribution in [0.3, 0.4) is 0 Å². The van der Waals surface area contributed by atoms with E-state index in [9.17, 15) is 5.26 Å². The monoisotopic (exact) mass is 267 g/mol. The van der Waals surface area contributed by atoms with Crippen molar-refractivity contribution in [3.8, 4) is 6.07 Å². The summed E-state index contributed by atoms with van der Waals surface area (Å²) in [4.78, 5) is 4.79. The molecule has 0 spiro atoms. The van der Waals surface area contributed by atoms with Crippen LogP contribution in [0.25, 0.3) is 11.0 Å². The van der Waals surface area contributed by atoms with Crippen LogP contribution in [0.5, 0.6) is 0 Å². The van der Waals surface area contributed by atoms with Crippen molar-refractivity contribution in [2.75, 3.05) is 0 Å². The quantitative estimate of drug-likeness (QED) is 0.840. The molecule has 1 atom stereocenters. The van der Waals surface area contributed by atoms with Crippen LogP contribution in [0.4, 0.5) is 0 Å². The Morgan fingerprint density at radius 3 is 2.65 bits per heavy atom. The molecule has 1 aromatic carbocycles. The molecule has 0 aliphatic heterocycles. The zero-order valence-corrected chi connectivity index (χ0v) is 12.4. The van der Waals surface area contributed by atoms with Crippen LogP contribution in [-0.4, -0.2) is 9.55 Å². The molecule has 20 heavy (non-hydrogen) atoms. The molecule has 3 rings (SSSR count). The van der Waals surface area contributed by atoms with E-state index in [0.717, 1.165) is 16.6 Å². The average Bonchev–Trinajstić information content (AvgIpc) is 2.66. The average molecular weight is 267 g/mol. The maximum atomic E-state index is 9.36. The number of imidazole rings is 1. The van der Waals surface area contributed by atoms with Gasteiger partial charge in [-0.25, -0.2) is 4.98 Å². The predicted octanol–water partition coefficient (Wildman–Crippen LogP) is 4.10. The van der Waals surface area contributed by atoms with Crippen LogP contribution in [0.2, 0.25) is 0 Å². The number of fused-ring (bicyclic) bond motifs is 1. The molecular weight excluding hydrogens is 246 g/mol. The summed E-state index contributed by atoms with van der Waals surface area (Å²) in [6, 6.07) is 8.71. The van der Waals surface area contributed by atoms with Crippen molar-refractivity contribution < 1.29 is 0 Å². The van der Waals surface area contributed by atoms with Crippen LogP contribution in [0, 0.1) is 17.2 Å². The van der Waals surface area contributed by atoms with Crippen LogP contribution in [-0.2, 0) is 7.05 Å². The van der Waals surface area contributed by atoms with Gasteiger partial charge in [0.15, 0.2) is 0 Å². The second-order valence-corrected chi connectivity index (χ2v) is 6.26. The maximum Gasteiger partial charge on any atom is 0.112 e. The summed E-state index contributed by atoms with van der Waals surface area (Å²) in [6.45, 7) is 4.20. The third-order valence-electron chi connectivity index (χ3n) is 4.57. The summed E-state index contributed by atoms with van der Waals surface area (Å²) in [6.07, 6.45) is 3.84. The van der Waals surface area contributed by atoms with Gasteiger partial charge in [0.05, 0.1) is 23.0 Å². The Morgan fingerprint density at radius 2 is 2.10 bits per heavy atom. The first-order valence-corrected chi connectivity index (χ1v) is 7.47. The lowest BCUT2D eigenvalue weighted by molar-refractivity contribution is 0.394. The Labute approximate surface area is 120 Å². The number of aromatic nitrogens is 2. The van der Waals surface area contributed by atoms with Gasteiger partial charge in [0.1, 0.15) is 5.82 Å². The summed E-state index contributed by atoms with van der Waals surface area (Å²) in [7, 11) is 2.10. The van der Waals surface area contributed by atoms with Crippen LogP contribution < -0.4 is 0 Å². The first-order valence-electron chi connectivity index (χ1n) is 7.47. The summed E-state index contributed by atoms with van der Waals surface area (Å²) in [5.41, 5.74) is 3.32. The minimum atomic E-state index is -0.0403.